The van der Waals surface area contributed by atoms with Gasteiger partial charge >= 0.3 is 0 Å². The van der Waals surface area contributed by atoms with E-state index in [0.29, 0.717) is 6.04 Å². The molecule has 0 aliphatic heterocycles. The second-order valence-electron chi connectivity index (χ2n) is 5.57. The van der Waals surface area contributed by atoms with Crippen molar-refractivity contribution in [3.63, 3.8) is 0 Å². The van der Waals surface area contributed by atoms with Gasteiger partial charge in [-0.2, -0.15) is 0 Å². The van der Waals surface area contributed by atoms with Crippen molar-refractivity contribution >= 4 is 0 Å². The Hall–Kier alpha value is -1.02. The molecule has 2 nitrogen and oxygen atoms in total. The van der Waals surface area contributed by atoms with E-state index in [1.54, 1.807) is 0 Å². The highest BCUT2D eigenvalue weighted by molar-refractivity contribution is 5.28. The first-order chi connectivity index (χ1) is 8.58. The van der Waals surface area contributed by atoms with Crippen LogP contribution in [0, 0.1) is 5.92 Å². The van der Waals surface area contributed by atoms with E-state index in [1.807, 2.05) is 6.07 Å². The fraction of sp³-hybridized carbons (Fsp3) is 0.625. The van der Waals surface area contributed by atoms with E-state index in [2.05, 4.69) is 51.2 Å². The third kappa shape index (κ3) is 6.65. The number of rotatable bonds is 8. The third-order valence-electron chi connectivity index (χ3n) is 2.81. The summed E-state index contributed by atoms with van der Waals surface area (Å²) in [5.74, 6) is 1.75. The van der Waals surface area contributed by atoms with Crippen LogP contribution in [0.2, 0.25) is 0 Å². The molecule has 0 amide bonds. The molecular weight excluding hydrogens is 222 g/mol. The second-order valence-corrected chi connectivity index (χ2v) is 5.57. The Morgan fingerprint density at radius 3 is 2.61 bits per heavy atom. The molecular formula is C16H27NO. The average molecular weight is 249 g/mol. The molecule has 0 atom stereocenters. The first-order valence-corrected chi connectivity index (χ1v) is 7.03. The summed E-state index contributed by atoms with van der Waals surface area (Å²) in [6, 6.07) is 8.88. The molecule has 1 aromatic rings. The van der Waals surface area contributed by atoms with Crippen molar-refractivity contribution in [3.8, 4) is 5.75 Å². The predicted molar refractivity (Wildman–Crippen MR) is 78.0 cm³/mol. The predicted octanol–water partition coefficient (Wildman–Crippen LogP) is 4.00. The number of hydrogen-bond acceptors (Lipinski definition) is 2. The molecule has 0 fully saturated rings. The molecule has 2 heteroatoms. The highest BCUT2D eigenvalue weighted by Crippen LogP contribution is 2.14. The lowest BCUT2D eigenvalue weighted by molar-refractivity contribution is 0.297. The minimum Gasteiger partial charge on any atom is -0.494 e. The normalized spacial score (nSPS) is 11.2. The summed E-state index contributed by atoms with van der Waals surface area (Å²) in [7, 11) is 0. The van der Waals surface area contributed by atoms with Crippen LogP contribution in [0.25, 0.3) is 0 Å². The van der Waals surface area contributed by atoms with Crippen LogP contribution in [-0.4, -0.2) is 12.6 Å². The largest absolute Gasteiger partial charge is 0.494 e. The standard InChI is InChI=1S/C16H27NO/c1-13(2)7-6-10-18-16-9-5-8-15(11-16)12-17-14(3)4/h5,8-9,11,13-14,17H,6-7,10,12H2,1-4H3. The SMILES string of the molecule is CC(C)CCCOc1cccc(CNC(C)C)c1. The fourth-order valence-corrected chi connectivity index (χ4v) is 1.75. The van der Waals surface area contributed by atoms with Gasteiger partial charge in [-0.3, -0.25) is 0 Å². The van der Waals surface area contributed by atoms with Crippen LogP contribution in [0.15, 0.2) is 24.3 Å². The van der Waals surface area contributed by atoms with Crippen LogP contribution in [0.5, 0.6) is 5.75 Å². The number of ether oxygens (including phenoxy) is 1. The van der Waals surface area contributed by atoms with E-state index >= 15 is 0 Å². The molecule has 1 aromatic carbocycles. The minimum absolute atomic E-state index is 0.514. The van der Waals surface area contributed by atoms with Crippen molar-refractivity contribution in [2.45, 2.75) is 53.1 Å². The zero-order valence-corrected chi connectivity index (χ0v) is 12.2. The van der Waals surface area contributed by atoms with Crippen molar-refractivity contribution in [1.82, 2.24) is 5.32 Å². The summed E-state index contributed by atoms with van der Waals surface area (Å²) < 4.78 is 5.78. The van der Waals surface area contributed by atoms with Gasteiger partial charge in [0.2, 0.25) is 0 Å². The molecule has 18 heavy (non-hydrogen) atoms. The lowest BCUT2D eigenvalue weighted by atomic mass is 10.1. The van der Waals surface area contributed by atoms with E-state index in [9.17, 15) is 0 Å². The molecule has 0 saturated heterocycles. The summed E-state index contributed by atoms with van der Waals surface area (Å²) >= 11 is 0. The van der Waals surface area contributed by atoms with Gasteiger partial charge in [0.15, 0.2) is 0 Å². The maximum atomic E-state index is 5.78. The van der Waals surface area contributed by atoms with Crippen LogP contribution < -0.4 is 10.1 Å². The first kappa shape index (κ1) is 15.0. The fourth-order valence-electron chi connectivity index (χ4n) is 1.75. The Bertz CT molecular complexity index is 334. The zero-order chi connectivity index (χ0) is 13.4. The Balaban J connectivity index is 2.34. The third-order valence-corrected chi connectivity index (χ3v) is 2.81. The second kappa shape index (κ2) is 8.15. The van der Waals surface area contributed by atoms with Gasteiger partial charge in [-0.05, 0) is 36.5 Å². The van der Waals surface area contributed by atoms with Crippen LogP contribution in [0.1, 0.15) is 46.1 Å². The van der Waals surface area contributed by atoms with Crippen molar-refractivity contribution in [2.75, 3.05) is 6.61 Å². The molecule has 0 spiro atoms. The van der Waals surface area contributed by atoms with Crippen molar-refractivity contribution in [3.05, 3.63) is 29.8 Å². The molecule has 0 bridgehead atoms. The van der Waals surface area contributed by atoms with Gasteiger partial charge < -0.3 is 10.1 Å². The highest BCUT2D eigenvalue weighted by Gasteiger charge is 1.99. The van der Waals surface area contributed by atoms with E-state index in [0.717, 1.165) is 31.2 Å². The number of benzene rings is 1. The lowest BCUT2D eigenvalue weighted by Gasteiger charge is -2.11. The van der Waals surface area contributed by atoms with Gasteiger partial charge in [-0.1, -0.05) is 39.8 Å². The number of nitrogens with one attached hydrogen (secondary N) is 1. The molecule has 0 unspecified atom stereocenters. The highest BCUT2D eigenvalue weighted by atomic mass is 16.5. The molecule has 0 heterocycles. The van der Waals surface area contributed by atoms with E-state index in [-0.39, 0.29) is 0 Å². The van der Waals surface area contributed by atoms with E-state index in [1.165, 1.54) is 12.0 Å². The molecule has 0 aliphatic carbocycles. The molecule has 0 aliphatic rings. The van der Waals surface area contributed by atoms with E-state index < -0.39 is 0 Å². The Kier molecular flexibility index (Phi) is 6.81. The average Bonchev–Trinajstić information content (AvgIpc) is 2.32. The smallest absolute Gasteiger partial charge is 0.119 e. The maximum absolute atomic E-state index is 5.78. The first-order valence-electron chi connectivity index (χ1n) is 7.03. The molecule has 1 rings (SSSR count). The van der Waals surface area contributed by atoms with Gasteiger partial charge in [0.1, 0.15) is 5.75 Å². The van der Waals surface area contributed by atoms with Gasteiger partial charge in [0.25, 0.3) is 0 Å². The lowest BCUT2D eigenvalue weighted by Crippen LogP contribution is -2.21. The molecule has 1 N–H and O–H groups in total. The van der Waals surface area contributed by atoms with Crippen LogP contribution >= 0.6 is 0 Å². The van der Waals surface area contributed by atoms with Crippen LogP contribution in [0.3, 0.4) is 0 Å². The Morgan fingerprint density at radius 1 is 1.17 bits per heavy atom. The summed E-state index contributed by atoms with van der Waals surface area (Å²) in [5, 5.41) is 3.42. The van der Waals surface area contributed by atoms with Crippen LogP contribution in [0.4, 0.5) is 0 Å². The zero-order valence-electron chi connectivity index (χ0n) is 12.2. The summed E-state index contributed by atoms with van der Waals surface area (Å²) in [5.41, 5.74) is 1.28. The Labute approximate surface area is 112 Å². The molecule has 0 saturated carbocycles. The summed E-state index contributed by atoms with van der Waals surface area (Å²) in [6.45, 7) is 10.5. The summed E-state index contributed by atoms with van der Waals surface area (Å²) in [4.78, 5) is 0. The molecule has 0 radical (unpaired) electrons. The minimum atomic E-state index is 0.514. The van der Waals surface area contributed by atoms with Gasteiger partial charge in [-0.25, -0.2) is 0 Å². The maximum Gasteiger partial charge on any atom is 0.119 e. The van der Waals surface area contributed by atoms with Crippen molar-refractivity contribution in [2.24, 2.45) is 5.92 Å². The van der Waals surface area contributed by atoms with Crippen molar-refractivity contribution < 1.29 is 4.74 Å². The quantitative estimate of drug-likeness (QED) is 0.703. The van der Waals surface area contributed by atoms with Gasteiger partial charge in [0, 0.05) is 12.6 Å². The summed E-state index contributed by atoms with van der Waals surface area (Å²) in [6.07, 6.45) is 2.36. The van der Waals surface area contributed by atoms with Gasteiger partial charge in [0.05, 0.1) is 6.61 Å². The molecule has 102 valence electrons. The van der Waals surface area contributed by atoms with Crippen LogP contribution in [-0.2, 0) is 6.54 Å². The molecule has 0 aromatic heterocycles. The number of hydrogen-bond donors (Lipinski definition) is 1. The van der Waals surface area contributed by atoms with Crippen molar-refractivity contribution in [1.29, 1.82) is 0 Å². The van der Waals surface area contributed by atoms with Gasteiger partial charge in [-0.15, -0.1) is 0 Å². The topological polar surface area (TPSA) is 21.3 Å². The van der Waals surface area contributed by atoms with E-state index in [4.69, 9.17) is 4.74 Å². The monoisotopic (exact) mass is 249 g/mol. The Morgan fingerprint density at radius 2 is 1.94 bits per heavy atom.